The lowest BCUT2D eigenvalue weighted by Gasteiger charge is -2.21. The summed E-state index contributed by atoms with van der Waals surface area (Å²) < 4.78 is 12.9. The lowest BCUT2D eigenvalue weighted by Crippen LogP contribution is -2.35. The first kappa shape index (κ1) is 15.9. The molecule has 0 bridgehead atoms. The topological polar surface area (TPSA) is 62.5 Å². The van der Waals surface area contributed by atoms with Gasteiger partial charge in [-0.1, -0.05) is 0 Å². The molecule has 0 unspecified atom stereocenters. The van der Waals surface area contributed by atoms with Crippen LogP contribution in [0.4, 0.5) is 4.39 Å². The maximum Gasteiger partial charge on any atom is 0.272 e. The van der Waals surface area contributed by atoms with E-state index >= 15 is 0 Å². The normalized spacial score (nSPS) is 16.8. The van der Waals surface area contributed by atoms with Gasteiger partial charge in [0.2, 0.25) is 0 Å². The molecule has 0 aromatic carbocycles. The summed E-state index contributed by atoms with van der Waals surface area (Å²) in [4.78, 5) is 20.4. The number of nitrogens with two attached hydrogens (primary N) is 1. The van der Waals surface area contributed by atoms with Gasteiger partial charge < -0.3 is 15.5 Å². The Balaban J connectivity index is 1.87. The van der Waals surface area contributed by atoms with Gasteiger partial charge in [0.05, 0.1) is 6.20 Å². The van der Waals surface area contributed by atoms with Gasteiger partial charge in [-0.3, -0.25) is 4.79 Å². The first-order chi connectivity index (χ1) is 10.2. The number of rotatable bonds is 5. The average molecular weight is 294 g/mol. The van der Waals surface area contributed by atoms with Crippen LogP contribution in [0.3, 0.4) is 0 Å². The lowest BCUT2D eigenvalue weighted by molar-refractivity contribution is 0.0755. The Kier molecular flexibility index (Phi) is 6.07. The van der Waals surface area contributed by atoms with Crippen LogP contribution in [0.2, 0.25) is 0 Å². The van der Waals surface area contributed by atoms with Crippen molar-refractivity contribution < 1.29 is 9.18 Å². The summed E-state index contributed by atoms with van der Waals surface area (Å²) in [5.41, 5.74) is 5.82. The van der Waals surface area contributed by atoms with Crippen LogP contribution in [-0.4, -0.2) is 60.0 Å². The predicted octanol–water partition coefficient (Wildman–Crippen LogP) is 1.11. The van der Waals surface area contributed by atoms with Gasteiger partial charge in [0.15, 0.2) is 0 Å². The SMILES string of the molecule is NCCCCN1CCCN(C(=O)c2ccc(F)cn2)CC1. The zero-order valence-electron chi connectivity index (χ0n) is 12.3. The molecule has 1 aliphatic heterocycles. The van der Waals surface area contributed by atoms with Crippen LogP contribution in [0.5, 0.6) is 0 Å². The zero-order valence-corrected chi connectivity index (χ0v) is 12.3. The molecule has 0 aliphatic carbocycles. The first-order valence-corrected chi connectivity index (χ1v) is 7.54. The van der Waals surface area contributed by atoms with Crippen LogP contribution >= 0.6 is 0 Å². The Labute approximate surface area is 124 Å². The van der Waals surface area contributed by atoms with E-state index in [4.69, 9.17) is 5.73 Å². The Morgan fingerprint density at radius 1 is 1.24 bits per heavy atom. The highest BCUT2D eigenvalue weighted by molar-refractivity contribution is 5.92. The molecular weight excluding hydrogens is 271 g/mol. The van der Waals surface area contributed by atoms with Crippen molar-refractivity contribution in [3.05, 3.63) is 29.8 Å². The lowest BCUT2D eigenvalue weighted by atomic mass is 10.3. The highest BCUT2D eigenvalue weighted by Gasteiger charge is 2.20. The molecular formula is C15H23FN4O. The minimum atomic E-state index is -0.423. The van der Waals surface area contributed by atoms with E-state index in [1.807, 2.05) is 4.90 Å². The second-order valence-electron chi connectivity index (χ2n) is 5.34. The maximum atomic E-state index is 12.9. The summed E-state index contributed by atoms with van der Waals surface area (Å²) >= 11 is 0. The van der Waals surface area contributed by atoms with Gasteiger partial charge in [-0.15, -0.1) is 0 Å². The monoisotopic (exact) mass is 294 g/mol. The number of nitrogens with zero attached hydrogens (tertiary/aromatic N) is 3. The minimum absolute atomic E-state index is 0.112. The third-order valence-corrected chi connectivity index (χ3v) is 3.75. The third kappa shape index (κ3) is 4.75. The number of hydrogen-bond acceptors (Lipinski definition) is 4. The third-order valence-electron chi connectivity index (χ3n) is 3.75. The molecule has 21 heavy (non-hydrogen) atoms. The second-order valence-corrected chi connectivity index (χ2v) is 5.34. The van der Waals surface area contributed by atoms with Crippen molar-refractivity contribution in [1.29, 1.82) is 0 Å². The molecule has 1 amide bonds. The molecule has 2 N–H and O–H groups in total. The molecule has 1 aromatic heterocycles. The Hall–Kier alpha value is -1.53. The fourth-order valence-corrected chi connectivity index (χ4v) is 2.54. The maximum absolute atomic E-state index is 12.9. The molecule has 0 saturated carbocycles. The van der Waals surface area contributed by atoms with E-state index in [9.17, 15) is 9.18 Å². The molecule has 6 heteroatoms. The van der Waals surface area contributed by atoms with Crippen molar-refractivity contribution >= 4 is 5.91 Å². The van der Waals surface area contributed by atoms with Gasteiger partial charge in [0.25, 0.3) is 5.91 Å². The Bertz CT molecular complexity index is 451. The number of amides is 1. The van der Waals surface area contributed by atoms with Gasteiger partial charge in [-0.05, 0) is 51.0 Å². The van der Waals surface area contributed by atoms with E-state index < -0.39 is 5.82 Å². The molecule has 2 rings (SSSR count). The zero-order chi connectivity index (χ0) is 15.1. The number of hydrogen-bond donors (Lipinski definition) is 1. The molecule has 1 fully saturated rings. The predicted molar refractivity (Wildman–Crippen MR) is 79.4 cm³/mol. The van der Waals surface area contributed by atoms with E-state index in [-0.39, 0.29) is 5.91 Å². The molecule has 0 spiro atoms. The number of aromatic nitrogens is 1. The first-order valence-electron chi connectivity index (χ1n) is 7.54. The number of halogens is 1. The van der Waals surface area contributed by atoms with Gasteiger partial charge in [-0.2, -0.15) is 0 Å². The highest BCUT2D eigenvalue weighted by Crippen LogP contribution is 2.09. The number of unbranched alkanes of at least 4 members (excludes halogenated alkanes) is 1. The van der Waals surface area contributed by atoms with Crippen molar-refractivity contribution in [2.45, 2.75) is 19.3 Å². The van der Waals surface area contributed by atoms with Gasteiger partial charge in [0, 0.05) is 19.6 Å². The summed E-state index contributed by atoms with van der Waals surface area (Å²) in [5.74, 6) is -0.535. The molecule has 1 saturated heterocycles. The molecule has 2 heterocycles. The van der Waals surface area contributed by atoms with Crippen LogP contribution < -0.4 is 5.73 Å². The summed E-state index contributed by atoms with van der Waals surface area (Å²) in [6.07, 6.45) is 4.18. The van der Waals surface area contributed by atoms with Crippen molar-refractivity contribution in [2.75, 3.05) is 39.3 Å². The van der Waals surface area contributed by atoms with Crippen LogP contribution in [0, 0.1) is 5.82 Å². The second kappa shape index (κ2) is 8.05. The van der Waals surface area contributed by atoms with Gasteiger partial charge in [0.1, 0.15) is 11.5 Å². The smallest absolute Gasteiger partial charge is 0.272 e. The Morgan fingerprint density at radius 2 is 2.10 bits per heavy atom. The van der Waals surface area contributed by atoms with Crippen LogP contribution in [0.25, 0.3) is 0 Å². The summed E-state index contributed by atoms with van der Waals surface area (Å²) in [6, 6.07) is 2.72. The molecule has 5 nitrogen and oxygen atoms in total. The average Bonchev–Trinajstić information content (AvgIpc) is 2.73. The summed E-state index contributed by atoms with van der Waals surface area (Å²) in [7, 11) is 0. The van der Waals surface area contributed by atoms with E-state index in [1.54, 1.807) is 0 Å². The fourth-order valence-electron chi connectivity index (χ4n) is 2.54. The van der Waals surface area contributed by atoms with Crippen LogP contribution in [0.1, 0.15) is 29.8 Å². The number of pyridine rings is 1. The molecule has 1 aromatic rings. The quantitative estimate of drug-likeness (QED) is 0.826. The highest BCUT2D eigenvalue weighted by atomic mass is 19.1. The van der Waals surface area contributed by atoms with Crippen LogP contribution in [-0.2, 0) is 0 Å². The van der Waals surface area contributed by atoms with E-state index in [0.717, 1.165) is 58.2 Å². The molecule has 0 radical (unpaired) electrons. The summed E-state index contributed by atoms with van der Waals surface area (Å²) in [5, 5.41) is 0. The van der Waals surface area contributed by atoms with E-state index in [0.29, 0.717) is 12.2 Å². The molecule has 116 valence electrons. The van der Waals surface area contributed by atoms with Gasteiger partial charge in [-0.25, -0.2) is 9.37 Å². The van der Waals surface area contributed by atoms with Crippen molar-refractivity contribution in [3.8, 4) is 0 Å². The van der Waals surface area contributed by atoms with Gasteiger partial charge >= 0.3 is 0 Å². The molecule has 1 aliphatic rings. The standard InChI is InChI=1S/C15H23FN4O/c16-13-4-5-14(18-12-13)15(21)20-9-3-8-19(10-11-20)7-2-1-6-17/h4-5,12H,1-3,6-11,17H2. The van der Waals surface area contributed by atoms with Crippen molar-refractivity contribution in [2.24, 2.45) is 5.73 Å². The van der Waals surface area contributed by atoms with E-state index in [1.165, 1.54) is 12.1 Å². The number of carbonyl (C=O) groups excluding carboxylic acids is 1. The van der Waals surface area contributed by atoms with Crippen molar-refractivity contribution in [1.82, 2.24) is 14.8 Å². The van der Waals surface area contributed by atoms with Crippen LogP contribution in [0.15, 0.2) is 18.3 Å². The number of carbonyl (C=O) groups is 1. The largest absolute Gasteiger partial charge is 0.336 e. The Morgan fingerprint density at radius 3 is 2.81 bits per heavy atom. The fraction of sp³-hybridized carbons (Fsp3) is 0.600. The summed E-state index contributed by atoms with van der Waals surface area (Å²) in [6.45, 7) is 5.07. The van der Waals surface area contributed by atoms with Crippen molar-refractivity contribution in [3.63, 3.8) is 0 Å². The minimum Gasteiger partial charge on any atom is -0.336 e. The molecule has 0 atom stereocenters. The van der Waals surface area contributed by atoms with E-state index in [2.05, 4.69) is 9.88 Å².